The van der Waals surface area contributed by atoms with Crippen LogP contribution in [0.3, 0.4) is 0 Å². The molecule has 6 rings (SSSR count). The van der Waals surface area contributed by atoms with Crippen LogP contribution in [-0.4, -0.2) is 36.1 Å². The van der Waals surface area contributed by atoms with Gasteiger partial charge in [0.25, 0.3) is 11.8 Å². The van der Waals surface area contributed by atoms with E-state index in [4.69, 9.17) is 4.74 Å². The summed E-state index contributed by atoms with van der Waals surface area (Å²) in [4.78, 5) is 26.0. The van der Waals surface area contributed by atoms with Crippen molar-refractivity contribution in [1.82, 2.24) is 15.2 Å². The van der Waals surface area contributed by atoms with Gasteiger partial charge in [-0.2, -0.15) is 0 Å². The standard InChI is InChI=1S/C25H21F2N3O3.ClH/c26-17-11-13-7-10-33-23(13)21(22(17)27)20-19(24(31)29-25(20)32)16-12-30(14-5-8-28-9-6-14)18-4-2-1-3-15(16)18;/h1-4,11-12,14,28H,5-10H2,(H,29,31,32);1H. The highest BCUT2D eigenvalue weighted by Gasteiger charge is 2.39. The summed E-state index contributed by atoms with van der Waals surface area (Å²) >= 11 is 0. The Kier molecular flexibility index (Phi) is 5.65. The second-order valence-corrected chi connectivity index (χ2v) is 8.62. The number of fused-ring (bicyclic) bond motifs is 2. The Hall–Kier alpha value is -3.23. The minimum atomic E-state index is -1.19. The first-order chi connectivity index (χ1) is 16.0. The average molecular weight is 486 g/mol. The molecule has 2 aromatic carbocycles. The average Bonchev–Trinajstić information content (AvgIpc) is 3.51. The Balaban J connectivity index is 0.00000241. The van der Waals surface area contributed by atoms with Gasteiger partial charge in [-0.05, 0) is 38.1 Å². The van der Waals surface area contributed by atoms with Crippen molar-refractivity contribution in [3.63, 3.8) is 0 Å². The van der Waals surface area contributed by atoms with E-state index in [1.165, 1.54) is 0 Å². The summed E-state index contributed by atoms with van der Waals surface area (Å²) in [6, 6.07) is 8.96. The number of para-hydroxylation sites is 1. The lowest BCUT2D eigenvalue weighted by Crippen LogP contribution is -2.29. The Morgan fingerprint density at radius 1 is 1.03 bits per heavy atom. The summed E-state index contributed by atoms with van der Waals surface area (Å²) in [5.41, 5.74) is 1.53. The molecular formula is C25H22ClF2N3O3. The van der Waals surface area contributed by atoms with Crippen molar-refractivity contribution >= 4 is 46.3 Å². The third-order valence-corrected chi connectivity index (χ3v) is 6.76. The lowest BCUT2D eigenvalue weighted by atomic mass is 9.93. The van der Waals surface area contributed by atoms with E-state index >= 15 is 4.39 Å². The number of hydrogen-bond acceptors (Lipinski definition) is 4. The van der Waals surface area contributed by atoms with Gasteiger partial charge in [0, 0.05) is 40.7 Å². The highest BCUT2D eigenvalue weighted by molar-refractivity contribution is 6.50. The van der Waals surface area contributed by atoms with E-state index in [1.54, 1.807) is 0 Å². The van der Waals surface area contributed by atoms with Gasteiger partial charge in [-0.1, -0.05) is 18.2 Å². The minimum absolute atomic E-state index is 0. The number of benzene rings is 2. The zero-order valence-corrected chi connectivity index (χ0v) is 18.9. The summed E-state index contributed by atoms with van der Waals surface area (Å²) in [7, 11) is 0. The van der Waals surface area contributed by atoms with Gasteiger partial charge in [-0.3, -0.25) is 14.9 Å². The molecule has 0 bridgehead atoms. The molecule has 3 aliphatic heterocycles. The molecular weight excluding hydrogens is 464 g/mol. The van der Waals surface area contributed by atoms with Crippen LogP contribution in [0, 0.1) is 11.6 Å². The largest absolute Gasteiger partial charge is 0.492 e. The predicted octanol–water partition coefficient (Wildman–Crippen LogP) is 3.77. The van der Waals surface area contributed by atoms with Crippen LogP contribution < -0.4 is 15.4 Å². The van der Waals surface area contributed by atoms with Crippen molar-refractivity contribution < 1.29 is 23.1 Å². The molecule has 176 valence electrons. The van der Waals surface area contributed by atoms with Gasteiger partial charge >= 0.3 is 0 Å². The molecule has 0 radical (unpaired) electrons. The van der Waals surface area contributed by atoms with Crippen molar-refractivity contribution in [2.45, 2.75) is 25.3 Å². The molecule has 1 saturated heterocycles. The molecule has 6 nitrogen and oxygen atoms in total. The molecule has 2 N–H and O–H groups in total. The fourth-order valence-electron chi connectivity index (χ4n) is 5.24. The van der Waals surface area contributed by atoms with Gasteiger partial charge in [0.15, 0.2) is 11.6 Å². The van der Waals surface area contributed by atoms with Crippen molar-refractivity contribution in [3.05, 3.63) is 64.9 Å². The number of halogens is 3. The number of amides is 2. The van der Waals surface area contributed by atoms with Gasteiger partial charge < -0.3 is 14.6 Å². The monoisotopic (exact) mass is 485 g/mol. The number of nitrogens with zero attached hydrogens (tertiary/aromatic N) is 1. The number of carbonyl (C=O) groups is 2. The van der Waals surface area contributed by atoms with Gasteiger partial charge in [-0.25, -0.2) is 8.78 Å². The molecule has 0 aliphatic carbocycles. The Bertz CT molecular complexity index is 1380. The van der Waals surface area contributed by atoms with E-state index in [-0.39, 0.29) is 47.5 Å². The quantitative estimate of drug-likeness (QED) is 0.554. The maximum absolute atomic E-state index is 15.1. The SMILES string of the molecule is Cl.O=C1NC(=O)C(c2cn(C3CCNCC3)c3ccccc23)=C1c1c(F)c(F)cc2c1OCC2. The van der Waals surface area contributed by atoms with E-state index in [0.29, 0.717) is 17.5 Å². The van der Waals surface area contributed by atoms with Crippen LogP contribution in [0.1, 0.15) is 35.6 Å². The lowest BCUT2D eigenvalue weighted by Gasteiger charge is -2.25. The topological polar surface area (TPSA) is 72.4 Å². The number of rotatable bonds is 3. The second kappa shape index (κ2) is 8.52. The number of carbonyl (C=O) groups excluding carboxylic acids is 2. The third kappa shape index (κ3) is 3.32. The molecule has 9 heteroatoms. The minimum Gasteiger partial charge on any atom is -0.492 e. The van der Waals surface area contributed by atoms with Crippen LogP contribution in [0.2, 0.25) is 0 Å². The maximum atomic E-state index is 15.1. The molecule has 0 saturated carbocycles. The van der Waals surface area contributed by atoms with Crippen LogP contribution in [0.5, 0.6) is 5.75 Å². The predicted molar refractivity (Wildman–Crippen MR) is 126 cm³/mol. The molecule has 3 aromatic rings. The Morgan fingerprint density at radius 2 is 1.76 bits per heavy atom. The van der Waals surface area contributed by atoms with Crippen LogP contribution >= 0.6 is 12.4 Å². The number of piperidine rings is 1. The molecule has 4 heterocycles. The van der Waals surface area contributed by atoms with Gasteiger partial charge in [0.2, 0.25) is 0 Å². The molecule has 1 aromatic heterocycles. The van der Waals surface area contributed by atoms with Crippen molar-refractivity contribution in [2.75, 3.05) is 19.7 Å². The van der Waals surface area contributed by atoms with Gasteiger partial charge in [-0.15, -0.1) is 12.4 Å². The first-order valence-corrected chi connectivity index (χ1v) is 11.1. The van der Waals surface area contributed by atoms with E-state index in [2.05, 4.69) is 15.2 Å². The van der Waals surface area contributed by atoms with E-state index in [1.807, 2.05) is 30.5 Å². The van der Waals surface area contributed by atoms with Crippen molar-refractivity contribution in [3.8, 4) is 5.75 Å². The summed E-state index contributed by atoms with van der Waals surface area (Å²) < 4.78 is 37.3. The number of imide groups is 1. The molecule has 3 aliphatic rings. The first-order valence-electron chi connectivity index (χ1n) is 11.1. The number of hydrogen-bond donors (Lipinski definition) is 2. The Labute approximate surface area is 200 Å². The van der Waals surface area contributed by atoms with Crippen LogP contribution in [-0.2, 0) is 16.0 Å². The van der Waals surface area contributed by atoms with E-state index in [0.717, 1.165) is 42.9 Å². The number of aromatic nitrogens is 1. The third-order valence-electron chi connectivity index (χ3n) is 6.76. The fraction of sp³-hybridized carbons (Fsp3) is 0.280. The highest BCUT2D eigenvalue weighted by atomic mass is 35.5. The first kappa shape index (κ1) is 22.6. The highest BCUT2D eigenvalue weighted by Crippen LogP contribution is 2.44. The molecule has 34 heavy (non-hydrogen) atoms. The normalized spacial score (nSPS) is 18.2. The second-order valence-electron chi connectivity index (χ2n) is 8.62. The summed E-state index contributed by atoms with van der Waals surface area (Å²) in [5.74, 6) is -3.50. The Morgan fingerprint density at radius 3 is 2.56 bits per heavy atom. The number of nitrogens with one attached hydrogen (secondary N) is 2. The molecule has 0 atom stereocenters. The van der Waals surface area contributed by atoms with E-state index in [9.17, 15) is 14.0 Å². The lowest BCUT2D eigenvalue weighted by molar-refractivity contribution is -0.122. The zero-order chi connectivity index (χ0) is 22.7. The van der Waals surface area contributed by atoms with Crippen molar-refractivity contribution in [1.29, 1.82) is 0 Å². The fourth-order valence-corrected chi connectivity index (χ4v) is 5.24. The maximum Gasteiger partial charge on any atom is 0.259 e. The van der Waals surface area contributed by atoms with Gasteiger partial charge in [0.1, 0.15) is 5.75 Å². The molecule has 0 unspecified atom stereocenters. The van der Waals surface area contributed by atoms with Crippen LogP contribution in [0.25, 0.3) is 22.0 Å². The van der Waals surface area contributed by atoms with Crippen LogP contribution in [0.4, 0.5) is 8.78 Å². The zero-order valence-electron chi connectivity index (χ0n) is 18.1. The van der Waals surface area contributed by atoms with Crippen molar-refractivity contribution in [2.24, 2.45) is 0 Å². The molecule has 2 amide bonds. The summed E-state index contributed by atoms with van der Waals surface area (Å²) in [6.45, 7) is 2.03. The molecule has 1 fully saturated rings. The smallest absolute Gasteiger partial charge is 0.259 e. The van der Waals surface area contributed by atoms with Crippen LogP contribution in [0.15, 0.2) is 36.5 Å². The van der Waals surface area contributed by atoms with E-state index < -0.39 is 23.4 Å². The summed E-state index contributed by atoms with van der Waals surface area (Å²) in [6.07, 6.45) is 4.13. The summed E-state index contributed by atoms with van der Waals surface area (Å²) in [5, 5.41) is 6.42. The molecule has 0 spiro atoms. The number of ether oxygens (including phenoxy) is 1. The van der Waals surface area contributed by atoms with Gasteiger partial charge in [0.05, 0.1) is 23.3 Å².